The molecule has 1 rings (SSSR count). The Labute approximate surface area is 85.8 Å². The standard InChI is InChI=1S/C10H21N3O/c1-7-6-9(4-5-13(7)3)12-8(2)10(11)14/h7-9,12H,4-6H2,1-3H3,(H2,11,14). The first-order valence-corrected chi connectivity index (χ1v) is 5.26. The van der Waals surface area contributed by atoms with Gasteiger partial charge in [-0.25, -0.2) is 0 Å². The molecule has 82 valence electrons. The predicted octanol–water partition coefficient (Wildman–Crippen LogP) is -0.0675. The number of amides is 1. The summed E-state index contributed by atoms with van der Waals surface area (Å²) in [7, 11) is 2.14. The van der Waals surface area contributed by atoms with E-state index in [9.17, 15) is 4.79 Å². The molecule has 1 aliphatic rings. The molecule has 0 spiro atoms. The van der Waals surface area contributed by atoms with Crippen LogP contribution in [0.5, 0.6) is 0 Å². The molecule has 1 heterocycles. The van der Waals surface area contributed by atoms with E-state index in [1.807, 2.05) is 6.92 Å². The second-order valence-corrected chi connectivity index (χ2v) is 4.34. The number of nitrogens with one attached hydrogen (secondary N) is 1. The van der Waals surface area contributed by atoms with E-state index in [2.05, 4.69) is 24.2 Å². The minimum Gasteiger partial charge on any atom is -0.368 e. The van der Waals surface area contributed by atoms with Crippen molar-refractivity contribution >= 4 is 5.91 Å². The molecule has 0 bridgehead atoms. The fourth-order valence-electron chi connectivity index (χ4n) is 1.88. The Hall–Kier alpha value is -0.610. The number of nitrogens with zero attached hydrogens (tertiary/aromatic N) is 1. The minimum atomic E-state index is -0.267. The molecule has 4 nitrogen and oxygen atoms in total. The predicted molar refractivity (Wildman–Crippen MR) is 56.9 cm³/mol. The molecule has 1 saturated heterocycles. The molecule has 3 N–H and O–H groups in total. The van der Waals surface area contributed by atoms with Crippen molar-refractivity contribution in [3.05, 3.63) is 0 Å². The van der Waals surface area contributed by atoms with E-state index < -0.39 is 0 Å². The highest BCUT2D eigenvalue weighted by Crippen LogP contribution is 2.15. The maximum Gasteiger partial charge on any atom is 0.234 e. The van der Waals surface area contributed by atoms with E-state index >= 15 is 0 Å². The number of likely N-dealkylation sites (tertiary alicyclic amines) is 1. The molecule has 1 amide bonds. The van der Waals surface area contributed by atoms with Gasteiger partial charge in [0.05, 0.1) is 6.04 Å². The third-order valence-corrected chi connectivity index (χ3v) is 3.12. The van der Waals surface area contributed by atoms with Gasteiger partial charge in [0.25, 0.3) is 0 Å². The van der Waals surface area contributed by atoms with Gasteiger partial charge in [-0.15, -0.1) is 0 Å². The van der Waals surface area contributed by atoms with Crippen LogP contribution in [0.15, 0.2) is 0 Å². The first-order chi connectivity index (χ1) is 6.50. The zero-order valence-corrected chi connectivity index (χ0v) is 9.29. The molecule has 1 aliphatic heterocycles. The summed E-state index contributed by atoms with van der Waals surface area (Å²) in [5.41, 5.74) is 5.20. The Kier molecular flexibility index (Phi) is 3.89. The fourth-order valence-corrected chi connectivity index (χ4v) is 1.88. The smallest absolute Gasteiger partial charge is 0.234 e. The van der Waals surface area contributed by atoms with Gasteiger partial charge in [0.1, 0.15) is 0 Å². The average Bonchev–Trinajstić information content (AvgIpc) is 2.11. The molecule has 0 aromatic rings. The minimum absolute atomic E-state index is 0.212. The van der Waals surface area contributed by atoms with Crippen LogP contribution in [0.1, 0.15) is 26.7 Å². The largest absolute Gasteiger partial charge is 0.368 e. The highest BCUT2D eigenvalue weighted by atomic mass is 16.1. The molecule has 3 unspecified atom stereocenters. The Balaban J connectivity index is 2.36. The molecule has 3 atom stereocenters. The Morgan fingerprint density at radius 2 is 2.29 bits per heavy atom. The van der Waals surface area contributed by atoms with E-state index in [1.165, 1.54) is 0 Å². The van der Waals surface area contributed by atoms with Crippen LogP contribution in [0.25, 0.3) is 0 Å². The topological polar surface area (TPSA) is 58.4 Å². The van der Waals surface area contributed by atoms with Gasteiger partial charge >= 0.3 is 0 Å². The van der Waals surface area contributed by atoms with E-state index in [4.69, 9.17) is 5.73 Å². The first kappa shape index (κ1) is 11.5. The van der Waals surface area contributed by atoms with Gasteiger partial charge < -0.3 is 16.0 Å². The van der Waals surface area contributed by atoms with Gasteiger partial charge in [-0.2, -0.15) is 0 Å². The molecule has 0 aromatic carbocycles. The summed E-state index contributed by atoms with van der Waals surface area (Å²) >= 11 is 0. The monoisotopic (exact) mass is 199 g/mol. The van der Waals surface area contributed by atoms with E-state index in [-0.39, 0.29) is 11.9 Å². The Morgan fingerprint density at radius 3 is 2.79 bits per heavy atom. The van der Waals surface area contributed by atoms with Gasteiger partial charge in [0.15, 0.2) is 0 Å². The van der Waals surface area contributed by atoms with Gasteiger partial charge in [-0.1, -0.05) is 0 Å². The first-order valence-electron chi connectivity index (χ1n) is 5.26. The number of rotatable bonds is 3. The van der Waals surface area contributed by atoms with Crippen LogP contribution >= 0.6 is 0 Å². The number of hydrogen-bond donors (Lipinski definition) is 2. The SMILES string of the molecule is CC(NC1CCN(C)C(C)C1)C(N)=O. The fraction of sp³-hybridized carbons (Fsp3) is 0.900. The van der Waals surface area contributed by atoms with Crippen LogP contribution in [0.3, 0.4) is 0 Å². The Bertz CT molecular complexity index is 208. The summed E-state index contributed by atoms with van der Waals surface area (Å²) in [6, 6.07) is 0.806. The van der Waals surface area contributed by atoms with Crippen molar-refractivity contribution in [3.63, 3.8) is 0 Å². The van der Waals surface area contributed by atoms with Crippen LogP contribution in [0.2, 0.25) is 0 Å². The van der Waals surface area contributed by atoms with Crippen LogP contribution in [0.4, 0.5) is 0 Å². The summed E-state index contributed by atoms with van der Waals surface area (Å²) in [6.45, 7) is 5.12. The molecule has 1 fully saturated rings. The molecule has 14 heavy (non-hydrogen) atoms. The van der Waals surface area contributed by atoms with Gasteiger partial charge in [0.2, 0.25) is 5.91 Å². The van der Waals surface area contributed by atoms with Crippen LogP contribution < -0.4 is 11.1 Å². The molecular formula is C10H21N3O. The van der Waals surface area contributed by atoms with Gasteiger partial charge in [0, 0.05) is 12.1 Å². The quantitative estimate of drug-likeness (QED) is 0.669. The molecule has 0 aliphatic carbocycles. The number of carbonyl (C=O) groups is 1. The lowest BCUT2D eigenvalue weighted by molar-refractivity contribution is -0.119. The zero-order chi connectivity index (χ0) is 10.7. The molecular weight excluding hydrogens is 178 g/mol. The van der Waals surface area contributed by atoms with Crippen molar-refractivity contribution in [1.29, 1.82) is 0 Å². The second-order valence-electron chi connectivity index (χ2n) is 4.34. The van der Waals surface area contributed by atoms with E-state index in [0.717, 1.165) is 19.4 Å². The van der Waals surface area contributed by atoms with Crippen molar-refractivity contribution in [2.75, 3.05) is 13.6 Å². The lowest BCUT2D eigenvalue weighted by atomic mass is 9.98. The number of nitrogens with two attached hydrogens (primary N) is 1. The lowest BCUT2D eigenvalue weighted by Crippen LogP contribution is -2.51. The normalized spacial score (nSPS) is 31.4. The molecule has 0 radical (unpaired) electrons. The molecule has 4 heteroatoms. The Morgan fingerprint density at radius 1 is 1.64 bits per heavy atom. The van der Waals surface area contributed by atoms with Crippen LogP contribution in [-0.4, -0.2) is 42.5 Å². The highest BCUT2D eigenvalue weighted by molar-refractivity contribution is 5.79. The summed E-state index contributed by atoms with van der Waals surface area (Å²) < 4.78 is 0. The number of piperidine rings is 1. The molecule has 0 aromatic heterocycles. The van der Waals surface area contributed by atoms with Crippen molar-refractivity contribution in [2.45, 2.75) is 44.8 Å². The summed E-state index contributed by atoms with van der Waals surface area (Å²) in [5, 5.41) is 3.27. The van der Waals surface area contributed by atoms with E-state index in [1.54, 1.807) is 0 Å². The van der Waals surface area contributed by atoms with Crippen molar-refractivity contribution in [2.24, 2.45) is 5.73 Å². The lowest BCUT2D eigenvalue weighted by Gasteiger charge is -2.36. The maximum absolute atomic E-state index is 10.9. The van der Waals surface area contributed by atoms with E-state index in [0.29, 0.717) is 12.1 Å². The summed E-state index contributed by atoms with van der Waals surface area (Å²) in [4.78, 5) is 13.2. The third kappa shape index (κ3) is 2.96. The van der Waals surface area contributed by atoms with Crippen molar-refractivity contribution < 1.29 is 4.79 Å². The van der Waals surface area contributed by atoms with Crippen LogP contribution in [0, 0.1) is 0 Å². The van der Waals surface area contributed by atoms with Crippen molar-refractivity contribution in [3.8, 4) is 0 Å². The van der Waals surface area contributed by atoms with Gasteiger partial charge in [-0.05, 0) is 40.3 Å². The summed E-state index contributed by atoms with van der Waals surface area (Å²) in [6.07, 6.45) is 2.19. The highest BCUT2D eigenvalue weighted by Gasteiger charge is 2.24. The van der Waals surface area contributed by atoms with Crippen molar-refractivity contribution in [1.82, 2.24) is 10.2 Å². The number of primary amides is 1. The number of carbonyl (C=O) groups excluding carboxylic acids is 1. The molecule has 0 saturated carbocycles. The van der Waals surface area contributed by atoms with Gasteiger partial charge in [-0.3, -0.25) is 4.79 Å². The maximum atomic E-state index is 10.9. The average molecular weight is 199 g/mol. The van der Waals surface area contributed by atoms with Crippen LogP contribution in [-0.2, 0) is 4.79 Å². The number of hydrogen-bond acceptors (Lipinski definition) is 3. The zero-order valence-electron chi connectivity index (χ0n) is 9.29. The second kappa shape index (κ2) is 4.75. The third-order valence-electron chi connectivity index (χ3n) is 3.12. The summed E-state index contributed by atoms with van der Waals surface area (Å²) in [5.74, 6) is -0.267.